The Morgan fingerprint density at radius 1 is 1.09 bits per heavy atom. The molecule has 0 saturated heterocycles. The van der Waals surface area contributed by atoms with E-state index < -0.39 is 18.1 Å². The smallest absolute Gasteiger partial charge is 0.480 e. The number of rotatable bonds is 5. The molecule has 0 fully saturated rings. The third-order valence-corrected chi connectivity index (χ3v) is 5.12. The number of alkyl halides is 3. The number of hydrogen-bond donors (Lipinski definition) is 4. The largest absolute Gasteiger partial charge is 0.490 e. The molecule has 2 aromatic carbocycles. The second-order valence-electron chi connectivity index (χ2n) is 7.21. The summed E-state index contributed by atoms with van der Waals surface area (Å²) in [5.41, 5.74) is 8.58. The molecule has 33 heavy (non-hydrogen) atoms. The number of carboxylic acid groups (broad SMARTS) is 2. The molecule has 1 heterocycles. The molecule has 0 bridgehead atoms. The number of amides is 1. The zero-order valence-corrected chi connectivity index (χ0v) is 17.5. The monoisotopic (exact) mass is 465 g/mol. The van der Waals surface area contributed by atoms with Crippen molar-refractivity contribution >= 4 is 23.7 Å². The first kappa shape index (κ1) is 25.4. The molecule has 1 amide bonds. The van der Waals surface area contributed by atoms with E-state index in [1.165, 1.54) is 4.90 Å². The predicted octanol–water partition coefficient (Wildman–Crippen LogP) is 3.05. The summed E-state index contributed by atoms with van der Waals surface area (Å²) in [6.45, 7) is 1.63. The van der Waals surface area contributed by atoms with Gasteiger partial charge in [-0.3, -0.25) is 15.0 Å². The van der Waals surface area contributed by atoms with E-state index in [1.807, 2.05) is 31.2 Å². The molecular weight excluding hydrogens is 443 g/mol. The summed E-state index contributed by atoms with van der Waals surface area (Å²) in [4.78, 5) is 34.5. The van der Waals surface area contributed by atoms with E-state index in [4.69, 9.17) is 21.0 Å². The fraction of sp³-hybridized carbons (Fsp3) is 0.273. The molecular formula is C22H22F3N3O5. The van der Waals surface area contributed by atoms with Gasteiger partial charge in [0, 0.05) is 23.1 Å². The molecule has 11 heteroatoms. The summed E-state index contributed by atoms with van der Waals surface area (Å²) >= 11 is 0. The zero-order chi connectivity index (χ0) is 24.9. The highest BCUT2D eigenvalue weighted by molar-refractivity contribution is 5.99. The third kappa shape index (κ3) is 5.88. The normalized spacial score (nSPS) is 17.5. The molecule has 0 spiro atoms. The van der Waals surface area contributed by atoms with Crippen LogP contribution in [0, 0.1) is 5.41 Å². The van der Waals surface area contributed by atoms with Crippen LogP contribution in [0.5, 0.6) is 0 Å². The number of carbonyl (C=O) groups is 3. The van der Waals surface area contributed by atoms with Crippen molar-refractivity contribution in [1.82, 2.24) is 4.90 Å². The Hall–Kier alpha value is -3.89. The summed E-state index contributed by atoms with van der Waals surface area (Å²) in [6, 6.07) is 14.5. The summed E-state index contributed by atoms with van der Waals surface area (Å²) in [6.07, 6.45) is -4.45. The predicted molar refractivity (Wildman–Crippen MR) is 112 cm³/mol. The number of nitrogens with zero attached hydrogens (tertiary/aromatic N) is 1. The first-order chi connectivity index (χ1) is 15.4. The lowest BCUT2D eigenvalue weighted by molar-refractivity contribution is -0.192. The molecule has 8 nitrogen and oxygen atoms in total. The van der Waals surface area contributed by atoms with Gasteiger partial charge >= 0.3 is 18.1 Å². The van der Waals surface area contributed by atoms with Crippen molar-refractivity contribution in [3.8, 4) is 0 Å². The van der Waals surface area contributed by atoms with E-state index in [-0.39, 0.29) is 30.2 Å². The maximum atomic E-state index is 12.9. The maximum Gasteiger partial charge on any atom is 0.490 e. The molecule has 1 aliphatic heterocycles. The number of amidine groups is 1. The van der Waals surface area contributed by atoms with Crippen LogP contribution in [0.25, 0.3) is 0 Å². The lowest BCUT2D eigenvalue weighted by Gasteiger charge is -2.41. The van der Waals surface area contributed by atoms with Crippen molar-refractivity contribution < 1.29 is 37.8 Å². The van der Waals surface area contributed by atoms with Crippen LogP contribution in [0.4, 0.5) is 13.2 Å². The van der Waals surface area contributed by atoms with Crippen molar-refractivity contribution in [2.24, 2.45) is 5.73 Å². The Bertz CT molecular complexity index is 1050. The first-order valence-corrected chi connectivity index (χ1v) is 9.74. The van der Waals surface area contributed by atoms with E-state index in [0.29, 0.717) is 17.5 Å². The minimum atomic E-state index is -5.08. The van der Waals surface area contributed by atoms with Gasteiger partial charge in [0.15, 0.2) is 0 Å². The van der Waals surface area contributed by atoms with Crippen molar-refractivity contribution in [2.45, 2.75) is 31.5 Å². The van der Waals surface area contributed by atoms with Crippen LogP contribution in [0.1, 0.15) is 46.3 Å². The van der Waals surface area contributed by atoms with Gasteiger partial charge in [0.25, 0.3) is 5.91 Å². The lowest BCUT2D eigenvalue weighted by atomic mass is 9.77. The average Bonchev–Trinajstić information content (AvgIpc) is 2.75. The van der Waals surface area contributed by atoms with E-state index in [1.54, 1.807) is 24.3 Å². The molecule has 0 radical (unpaired) electrons. The molecule has 5 N–H and O–H groups in total. The number of halogens is 3. The number of nitrogens with two attached hydrogens (primary N) is 1. The fourth-order valence-electron chi connectivity index (χ4n) is 3.72. The van der Waals surface area contributed by atoms with Gasteiger partial charge in [0.2, 0.25) is 0 Å². The minimum absolute atomic E-state index is 0.00434. The molecule has 0 aliphatic carbocycles. The van der Waals surface area contributed by atoms with Gasteiger partial charge in [0.05, 0.1) is 0 Å². The van der Waals surface area contributed by atoms with Gasteiger partial charge in [-0.15, -0.1) is 0 Å². The highest BCUT2D eigenvalue weighted by Crippen LogP contribution is 2.39. The Morgan fingerprint density at radius 3 is 2.09 bits per heavy atom. The summed E-state index contributed by atoms with van der Waals surface area (Å²) < 4.78 is 31.7. The molecule has 0 aromatic heterocycles. The highest BCUT2D eigenvalue weighted by Gasteiger charge is 2.40. The summed E-state index contributed by atoms with van der Waals surface area (Å²) in [5, 5.41) is 23.9. The lowest BCUT2D eigenvalue weighted by Crippen LogP contribution is -2.50. The number of carboxylic acids is 2. The highest BCUT2D eigenvalue weighted by atomic mass is 19.4. The van der Waals surface area contributed by atoms with Crippen LogP contribution in [0.3, 0.4) is 0 Å². The third-order valence-electron chi connectivity index (χ3n) is 5.12. The molecule has 0 saturated carbocycles. The van der Waals surface area contributed by atoms with E-state index >= 15 is 0 Å². The van der Waals surface area contributed by atoms with Crippen LogP contribution in [0.15, 0.2) is 48.5 Å². The first-order valence-electron chi connectivity index (χ1n) is 9.74. The fourth-order valence-corrected chi connectivity index (χ4v) is 3.72. The van der Waals surface area contributed by atoms with Crippen molar-refractivity contribution in [1.29, 1.82) is 5.41 Å². The number of nitrogen functional groups attached to an aromatic ring is 1. The van der Waals surface area contributed by atoms with Gasteiger partial charge < -0.3 is 20.8 Å². The van der Waals surface area contributed by atoms with Gasteiger partial charge in [-0.05, 0) is 23.6 Å². The van der Waals surface area contributed by atoms with Gasteiger partial charge in [-0.1, -0.05) is 49.4 Å². The van der Waals surface area contributed by atoms with E-state index in [0.717, 1.165) is 11.1 Å². The second kappa shape index (κ2) is 10.2. The maximum absolute atomic E-state index is 12.9. The second-order valence-corrected chi connectivity index (χ2v) is 7.21. The van der Waals surface area contributed by atoms with Crippen LogP contribution in [-0.2, 0) is 9.59 Å². The quantitative estimate of drug-likeness (QED) is 0.395. The number of aliphatic carboxylic acids is 2. The molecule has 176 valence electrons. The molecule has 3 rings (SSSR count). The molecule has 1 aliphatic rings. The van der Waals surface area contributed by atoms with E-state index in [2.05, 4.69) is 0 Å². The van der Waals surface area contributed by atoms with Gasteiger partial charge in [-0.25, -0.2) is 4.79 Å². The average molecular weight is 465 g/mol. The SMILES string of the molecule is CCC1C(c2ccc(C(=N)N)cc2)c2ccccc2C(=O)N1CC(=O)O.O=C(O)C(F)(F)F. The van der Waals surface area contributed by atoms with Crippen LogP contribution in [-0.4, -0.2) is 57.6 Å². The minimum Gasteiger partial charge on any atom is -0.480 e. The topological polar surface area (TPSA) is 145 Å². The summed E-state index contributed by atoms with van der Waals surface area (Å²) in [5.74, 6) is -4.16. The van der Waals surface area contributed by atoms with Crippen molar-refractivity contribution in [2.75, 3.05) is 6.54 Å². The zero-order valence-electron chi connectivity index (χ0n) is 17.5. The van der Waals surface area contributed by atoms with Crippen LogP contribution in [0.2, 0.25) is 0 Å². The molecule has 2 atom stereocenters. The van der Waals surface area contributed by atoms with Crippen LogP contribution >= 0.6 is 0 Å². The molecule has 2 unspecified atom stereocenters. The Kier molecular flexibility index (Phi) is 7.81. The van der Waals surface area contributed by atoms with Gasteiger partial charge in [0.1, 0.15) is 12.4 Å². The van der Waals surface area contributed by atoms with Gasteiger partial charge in [-0.2, -0.15) is 13.2 Å². The number of carbonyl (C=O) groups excluding carboxylic acids is 1. The van der Waals surface area contributed by atoms with Crippen molar-refractivity contribution in [3.05, 3.63) is 70.8 Å². The number of benzene rings is 2. The Morgan fingerprint density at radius 2 is 1.64 bits per heavy atom. The number of hydrogen-bond acceptors (Lipinski definition) is 4. The van der Waals surface area contributed by atoms with Crippen LogP contribution < -0.4 is 5.73 Å². The number of fused-ring (bicyclic) bond motifs is 1. The molecule has 2 aromatic rings. The van der Waals surface area contributed by atoms with Crippen molar-refractivity contribution in [3.63, 3.8) is 0 Å². The summed E-state index contributed by atoms with van der Waals surface area (Å²) in [7, 11) is 0. The standard InChI is InChI=1S/C20H21N3O3.C2HF3O2/c1-2-16-18(12-7-9-13(10-8-12)19(21)22)14-5-3-4-6-15(14)20(26)23(16)11-17(24)25;3-2(4,5)1(6)7/h3-10,16,18H,2,11H2,1H3,(H3,21,22)(H,24,25);(H,6,7). The van der Waals surface area contributed by atoms with E-state index in [9.17, 15) is 27.9 Å². The Balaban J connectivity index is 0.000000479. The number of nitrogens with one attached hydrogen (secondary N) is 1. The Labute approximate surface area is 186 Å².